The summed E-state index contributed by atoms with van der Waals surface area (Å²) in [5.74, 6) is -0.905. The average Bonchev–Trinajstić information content (AvgIpc) is 2.42. The van der Waals surface area contributed by atoms with E-state index in [2.05, 4.69) is 0 Å². The molecular weight excluding hydrogens is 228 g/mol. The van der Waals surface area contributed by atoms with Crippen LogP contribution in [0.25, 0.3) is 0 Å². The van der Waals surface area contributed by atoms with Crippen LogP contribution in [-0.4, -0.2) is 36.3 Å². The number of benzene rings is 1. The fourth-order valence-corrected chi connectivity index (χ4v) is 1.81. The Morgan fingerprint density at radius 1 is 0.889 bits per heavy atom. The number of anilines is 1. The van der Waals surface area contributed by atoms with Gasteiger partial charge >= 0.3 is 11.8 Å². The summed E-state index contributed by atoms with van der Waals surface area (Å²) in [6.45, 7) is 7.18. The van der Waals surface area contributed by atoms with Gasteiger partial charge < -0.3 is 9.80 Å². The Morgan fingerprint density at radius 3 is 1.89 bits per heavy atom. The van der Waals surface area contributed by atoms with E-state index in [1.807, 2.05) is 51.1 Å². The second-order valence-corrected chi connectivity index (χ2v) is 3.86. The van der Waals surface area contributed by atoms with E-state index in [1.165, 1.54) is 9.80 Å². The molecule has 18 heavy (non-hydrogen) atoms. The third-order valence-electron chi connectivity index (χ3n) is 2.86. The van der Waals surface area contributed by atoms with Crippen molar-refractivity contribution >= 4 is 17.5 Å². The normalized spacial score (nSPS) is 9.94. The number of hydrogen-bond donors (Lipinski definition) is 0. The molecule has 0 heterocycles. The topological polar surface area (TPSA) is 40.6 Å². The molecule has 2 amide bonds. The molecule has 0 radical (unpaired) electrons. The van der Waals surface area contributed by atoms with Gasteiger partial charge in [0.15, 0.2) is 0 Å². The van der Waals surface area contributed by atoms with Crippen LogP contribution in [0.15, 0.2) is 30.3 Å². The molecule has 0 unspecified atom stereocenters. The lowest BCUT2D eigenvalue weighted by molar-refractivity contribution is -0.144. The second kappa shape index (κ2) is 6.79. The number of amides is 2. The molecule has 0 aromatic heterocycles. The monoisotopic (exact) mass is 248 g/mol. The molecule has 0 aliphatic rings. The lowest BCUT2D eigenvalue weighted by Gasteiger charge is -2.24. The van der Waals surface area contributed by atoms with E-state index in [1.54, 1.807) is 0 Å². The van der Waals surface area contributed by atoms with E-state index in [9.17, 15) is 9.59 Å². The Kier molecular flexibility index (Phi) is 5.36. The smallest absolute Gasteiger partial charge is 0.316 e. The highest BCUT2D eigenvalue weighted by Gasteiger charge is 2.25. The van der Waals surface area contributed by atoms with Crippen LogP contribution < -0.4 is 4.90 Å². The van der Waals surface area contributed by atoms with Gasteiger partial charge in [-0.05, 0) is 32.9 Å². The van der Waals surface area contributed by atoms with Crippen LogP contribution in [0, 0.1) is 0 Å². The number of carbonyl (C=O) groups is 2. The molecule has 4 nitrogen and oxygen atoms in total. The first-order chi connectivity index (χ1) is 8.65. The minimum Gasteiger partial charge on any atom is -0.335 e. The minimum absolute atomic E-state index is 0.439. The highest BCUT2D eigenvalue weighted by atomic mass is 16.2. The molecule has 0 saturated carbocycles. The predicted octanol–water partition coefficient (Wildman–Crippen LogP) is 1.91. The lowest BCUT2D eigenvalue weighted by Crippen LogP contribution is -2.45. The van der Waals surface area contributed by atoms with Crippen LogP contribution >= 0.6 is 0 Å². The summed E-state index contributed by atoms with van der Waals surface area (Å²) in [6.07, 6.45) is 0. The summed E-state index contributed by atoms with van der Waals surface area (Å²) >= 11 is 0. The van der Waals surface area contributed by atoms with Gasteiger partial charge in [0.05, 0.1) is 0 Å². The van der Waals surface area contributed by atoms with Crippen LogP contribution in [0.3, 0.4) is 0 Å². The van der Waals surface area contributed by atoms with Crippen molar-refractivity contribution in [1.82, 2.24) is 4.90 Å². The summed E-state index contributed by atoms with van der Waals surface area (Å²) in [7, 11) is 0. The third kappa shape index (κ3) is 3.09. The number of nitrogens with zero attached hydrogens (tertiary/aromatic N) is 2. The molecule has 0 atom stereocenters. The fraction of sp³-hybridized carbons (Fsp3) is 0.429. The van der Waals surface area contributed by atoms with Crippen LogP contribution in [0.4, 0.5) is 5.69 Å². The Morgan fingerprint density at radius 2 is 1.44 bits per heavy atom. The number of carbonyl (C=O) groups excluding carboxylic acids is 2. The van der Waals surface area contributed by atoms with Gasteiger partial charge in [-0.2, -0.15) is 0 Å². The van der Waals surface area contributed by atoms with Crippen molar-refractivity contribution in [3.8, 4) is 0 Å². The zero-order valence-electron chi connectivity index (χ0n) is 11.2. The molecule has 4 heteroatoms. The summed E-state index contributed by atoms with van der Waals surface area (Å²) in [6, 6.07) is 9.25. The Balaban J connectivity index is 2.90. The summed E-state index contributed by atoms with van der Waals surface area (Å²) in [4.78, 5) is 27.2. The first-order valence-electron chi connectivity index (χ1n) is 6.31. The molecule has 1 aromatic carbocycles. The van der Waals surface area contributed by atoms with Gasteiger partial charge in [-0.25, -0.2) is 0 Å². The summed E-state index contributed by atoms with van der Waals surface area (Å²) in [5.41, 5.74) is 0.755. The summed E-state index contributed by atoms with van der Waals surface area (Å²) in [5, 5.41) is 0. The Labute approximate surface area is 108 Å². The van der Waals surface area contributed by atoms with E-state index in [0.29, 0.717) is 19.6 Å². The van der Waals surface area contributed by atoms with Crippen molar-refractivity contribution in [1.29, 1.82) is 0 Å². The van der Waals surface area contributed by atoms with E-state index in [4.69, 9.17) is 0 Å². The van der Waals surface area contributed by atoms with Gasteiger partial charge in [0.1, 0.15) is 0 Å². The molecule has 0 bridgehead atoms. The molecule has 98 valence electrons. The Bertz CT molecular complexity index is 400. The van der Waals surface area contributed by atoms with Gasteiger partial charge in [0, 0.05) is 25.3 Å². The second-order valence-electron chi connectivity index (χ2n) is 3.86. The van der Waals surface area contributed by atoms with Gasteiger partial charge in [0.2, 0.25) is 0 Å². The standard InChI is InChI=1S/C14H20N2O2/c1-4-15(5-2)13(17)14(18)16(6-3)12-10-8-7-9-11-12/h7-11H,4-6H2,1-3H3. The molecule has 0 spiro atoms. The molecule has 0 N–H and O–H groups in total. The molecule has 0 saturated heterocycles. The number of para-hydroxylation sites is 1. The fourth-order valence-electron chi connectivity index (χ4n) is 1.81. The largest absolute Gasteiger partial charge is 0.335 e. The third-order valence-corrected chi connectivity index (χ3v) is 2.86. The van der Waals surface area contributed by atoms with E-state index in [0.717, 1.165) is 5.69 Å². The lowest BCUT2D eigenvalue weighted by atomic mass is 10.2. The van der Waals surface area contributed by atoms with Crippen LogP contribution in [0.1, 0.15) is 20.8 Å². The van der Waals surface area contributed by atoms with Crippen molar-refractivity contribution in [2.75, 3.05) is 24.5 Å². The first kappa shape index (κ1) is 14.2. The van der Waals surface area contributed by atoms with Crippen molar-refractivity contribution in [3.63, 3.8) is 0 Å². The molecule has 0 fully saturated rings. The SMILES string of the molecule is CCN(CC)C(=O)C(=O)N(CC)c1ccccc1. The summed E-state index contributed by atoms with van der Waals surface area (Å²) < 4.78 is 0. The van der Waals surface area contributed by atoms with Crippen molar-refractivity contribution < 1.29 is 9.59 Å². The van der Waals surface area contributed by atoms with Crippen LogP contribution in [0.5, 0.6) is 0 Å². The van der Waals surface area contributed by atoms with E-state index >= 15 is 0 Å². The molecule has 0 aliphatic carbocycles. The number of likely N-dealkylation sites (N-methyl/N-ethyl adjacent to an activating group) is 2. The minimum atomic E-state index is -0.465. The Hall–Kier alpha value is -1.84. The first-order valence-corrected chi connectivity index (χ1v) is 6.31. The van der Waals surface area contributed by atoms with E-state index in [-0.39, 0.29) is 0 Å². The molecule has 0 aliphatic heterocycles. The van der Waals surface area contributed by atoms with Crippen LogP contribution in [-0.2, 0) is 9.59 Å². The van der Waals surface area contributed by atoms with Gasteiger partial charge in [-0.1, -0.05) is 18.2 Å². The predicted molar refractivity (Wildman–Crippen MR) is 72.4 cm³/mol. The highest BCUT2D eigenvalue weighted by Crippen LogP contribution is 2.13. The average molecular weight is 248 g/mol. The van der Waals surface area contributed by atoms with Gasteiger partial charge in [0.25, 0.3) is 0 Å². The number of rotatable bonds is 4. The number of hydrogen-bond acceptors (Lipinski definition) is 2. The zero-order valence-corrected chi connectivity index (χ0v) is 11.2. The molecule has 1 aromatic rings. The quantitative estimate of drug-likeness (QED) is 0.764. The molecule has 1 rings (SSSR count). The van der Waals surface area contributed by atoms with Crippen molar-refractivity contribution in [2.24, 2.45) is 0 Å². The van der Waals surface area contributed by atoms with Crippen molar-refractivity contribution in [3.05, 3.63) is 30.3 Å². The van der Waals surface area contributed by atoms with Gasteiger partial charge in [-0.15, -0.1) is 0 Å². The maximum absolute atomic E-state index is 12.2. The van der Waals surface area contributed by atoms with E-state index < -0.39 is 11.8 Å². The maximum Gasteiger partial charge on any atom is 0.316 e. The van der Waals surface area contributed by atoms with Gasteiger partial charge in [-0.3, -0.25) is 9.59 Å². The highest BCUT2D eigenvalue weighted by molar-refractivity contribution is 6.40. The molecular formula is C14H20N2O2. The van der Waals surface area contributed by atoms with Crippen molar-refractivity contribution in [2.45, 2.75) is 20.8 Å². The zero-order chi connectivity index (χ0) is 13.5. The van der Waals surface area contributed by atoms with Crippen LogP contribution in [0.2, 0.25) is 0 Å². The maximum atomic E-state index is 12.2.